The fourth-order valence-electron chi connectivity index (χ4n) is 3.31. The maximum Gasteiger partial charge on any atom is 0.451 e. The Kier molecular flexibility index (Phi) is 5.17. The number of halogens is 6. The van der Waals surface area contributed by atoms with Crippen molar-refractivity contribution < 1.29 is 26.3 Å². The molecule has 0 bridgehead atoms. The largest absolute Gasteiger partial charge is 0.451 e. The maximum absolute atomic E-state index is 14.3. The van der Waals surface area contributed by atoms with Crippen molar-refractivity contribution >= 4 is 0 Å². The molecule has 11 heteroatoms. The Bertz CT molecular complexity index is 833. The number of nitrogens with zero attached hydrogens (tertiary/aromatic N) is 4. The average molecular weight is 393 g/mol. The van der Waals surface area contributed by atoms with Crippen LogP contribution in [0.5, 0.6) is 0 Å². The van der Waals surface area contributed by atoms with Crippen LogP contribution in [0.2, 0.25) is 0 Å². The molecule has 1 aromatic heterocycles. The Morgan fingerprint density at radius 1 is 1.07 bits per heavy atom. The summed E-state index contributed by atoms with van der Waals surface area (Å²) in [5.74, 6) is -4.57. The Morgan fingerprint density at radius 2 is 1.74 bits per heavy atom. The van der Waals surface area contributed by atoms with Gasteiger partial charge in [0.1, 0.15) is 11.6 Å². The molecule has 0 fully saturated rings. The molecular formula is C16H17F6N5. The lowest BCUT2D eigenvalue weighted by atomic mass is 9.95. The summed E-state index contributed by atoms with van der Waals surface area (Å²) in [5, 5.41) is 6.76. The summed E-state index contributed by atoms with van der Waals surface area (Å²) in [6.45, 7) is 1.66. The van der Waals surface area contributed by atoms with E-state index >= 15 is 0 Å². The van der Waals surface area contributed by atoms with E-state index in [0.29, 0.717) is 12.5 Å². The third-order valence-electron chi connectivity index (χ3n) is 4.66. The monoisotopic (exact) mass is 393 g/mol. The first-order chi connectivity index (χ1) is 12.6. The Balaban J connectivity index is 1.97. The number of hydrogen-bond acceptors (Lipinski definition) is 4. The van der Waals surface area contributed by atoms with Gasteiger partial charge in [0.2, 0.25) is 5.82 Å². The fourth-order valence-corrected chi connectivity index (χ4v) is 3.31. The van der Waals surface area contributed by atoms with Crippen molar-refractivity contribution in [3.63, 3.8) is 0 Å². The highest BCUT2D eigenvalue weighted by atomic mass is 19.4. The van der Waals surface area contributed by atoms with Gasteiger partial charge in [-0.05, 0) is 12.5 Å². The van der Waals surface area contributed by atoms with Gasteiger partial charge in [0, 0.05) is 30.8 Å². The van der Waals surface area contributed by atoms with Gasteiger partial charge < -0.3 is 10.3 Å². The van der Waals surface area contributed by atoms with Gasteiger partial charge >= 0.3 is 6.18 Å². The molecule has 0 spiro atoms. The van der Waals surface area contributed by atoms with Gasteiger partial charge in [-0.2, -0.15) is 13.2 Å². The van der Waals surface area contributed by atoms with Gasteiger partial charge in [0.05, 0.1) is 12.6 Å². The van der Waals surface area contributed by atoms with E-state index in [1.165, 1.54) is 0 Å². The molecule has 5 nitrogen and oxygen atoms in total. The zero-order valence-corrected chi connectivity index (χ0v) is 14.3. The molecule has 0 saturated carbocycles. The van der Waals surface area contributed by atoms with Crippen molar-refractivity contribution in [1.29, 1.82) is 0 Å². The molecule has 2 atom stereocenters. The summed E-state index contributed by atoms with van der Waals surface area (Å²) in [4.78, 5) is 1.61. The van der Waals surface area contributed by atoms with Crippen molar-refractivity contribution in [2.24, 2.45) is 5.73 Å². The number of fused-ring (bicyclic) bond motifs is 1. The lowest BCUT2D eigenvalue weighted by Gasteiger charge is -2.38. The molecule has 0 radical (unpaired) electrons. The third kappa shape index (κ3) is 3.65. The van der Waals surface area contributed by atoms with Gasteiger partial charge in [-0.15, -0.1) is 10.2 Å². The zero-order chi connectivity index (χ0) is 19.9. The molecule has 0 aliphatic carbocycles. The van der Waals surface area contributed by atoms with Crippen LogP contribution < -0.4 is 5.73 Å². The molecule has 2 N–H and O–H groups in total. The minimum Gasteiger partial charge on any atom is -0.326 e. The molecule has 2 aromatic rings. The lowest BCUT2D eigenvalue weighted by Crippen LogP contribution is -2.45. The normalized spacial score (nSPS) is 17.6. The second-order valence-corrected chi connectivity index (χ2v) is 6.36. The highest BCUT2D eigenvalue weighted by Crippen LogP contribution is 2.34. The van der Waals surface area contributed by atoms with Crippen LogP contribution in [0.3, 0.4) is 0 Å². The van der Waals surface area contributed by atoms with E-state index in [-0.39, 0.29) is 31.0 Å². The second kappa shape index (κ2) is 7.12. The van der Waals surface area contributed by atoms with Crippen molar-refractivity contribution in [2.75, 3.05) is 6.54 Å². The highest BCUT2D eigenvalue weighted by molar-refractivity contribution is 5.25. The number of nitrogens with two attached hydrogens (primary N) is 1. The first-order valence-corrected chi connectivity index (χ1v) is 8.26. The predicted octanol–water partition coefficient (Wildman–Crippen LogP) is 3.01. The number of alkyl halides is 3. The molecule has 27 heavy (non-hydrogen) atoms. The van der Waals surface area contributed by atoms with E-state index in [0.717, 1.165) is 10.6 Å². The summed E-state index contributed by atoms with van der Waals surface area (Å²) < 4.78 is 81.1. The molecule has 148 valence electrons. The summed E-state index contributed by atoms with van der Waals surface area (Å²) in [6, 6.07) is -0.328. The van der Waals surface area contributed by atoms with Crippen molar-refractivity contribution in [3.05, 3.63) is 46.8 Å². The average Bonchev–Trinajstić information content (AvgIpc) is 3.03. The summed E-state index contributed by atoms with van der Waals surface area (Å²) in [6.07, 6.45) is -4.25. The summed E-state index contributed by atoms with van der Waals surface area (Å²) in [7, 11) is 0. The van der Waals surface area contributed by atoms with E-state index < -0.39 is 41.5 Å². The topological polar surface area (TPSA) is 60.0 Å². The second-order valence-electron chi connectivity index (χ2n) is 6.36. The molecule has 2 heterocycles. The van der Waals surface area contributed by atoms with E-state index in [1.54, 1.807) is 11.8 Å². The molecule has 2 unspecified atom stereocenters. The van der Waals surface area contributed by atoms with Crippen molar-refractivity contribution in [2.45, 2.75) is 44.7 Å². The van der Waals surface area contributed by atoms with Gasteiger partial charge in [-0.25, -0.2) is 13.2 Å². The van der Waals surface area contributed by atoms with Crippen LogP contribution in [0.1, 0.15) is 36.6 Å². The minimum atomic E-state index is -4.64. The van der Waals surface area contributed by atoms with Crippen LogP contribution >= 0.6 is 0 Å². The van der Waals surface area contributed by atoms with Crippen LogP contribution in [0.25, 0.3) is 0 Å². The Labute approximate surface area is 150 Å². The molecule has 0 amide bonds. The summed E-state index contributed by atoms with van der Waals surface area (Å²) in [5.41, 5.74) is 5.94. The number of rotatable bonds is 4. The fraction of sp³-hybridized carbons (Fsp3) is 0.500. The lowest BCUT2D eigenvalue weighted by molar-refractivity contribution is -0.148. The molecule has 1 aliphatic heterocycles. The smallest absolute Gasteiger partial charge is 0.326 e. The Hall–Kier alpha value is -2.14. The predicted molar refractivity (Wildman–Crippen MR) is 82.8 cm³/mol. The van der Waals surface area contributed by atoms with Crippen molar-refractivity contribution in [1.82, 2.24) is 19.7 Å². The van der Waals surface area contributed by atoms with Crippen LogP contribution in [-0.4, -0.2) is 32.3 Å². The summed E-state index contributed by atoms with van der Waals surface area (Å²) >= 11 is 0. The zero-order valence-electron chi connectivity index (χ0n) is 14.3. The van der Waals surface area contributed by atoms with E-state index in [4.69, 9.17) is 5.73 Å². The maximum atomic E-state index is 14.3. The third-order valence-corrected chi connectivity index (χ3v) is 4.66. The van der Waals surface area contributed by atoms with E-state index in [2.05, 4.69) is 10.2 Å². The van der Waals surface area contributed by atoms with Crippen LogP contribution in [0.15, 0.2) is 12.1 Å². The van der Waals surface area contributed by atoms with Crippen LogP contribution in [0.4, 0.5) is 26.3 Å². The van der Waals surface area contributed by atoms with Gasteiger partial charge in [-0.3, -0.25) is 4.90 Å². The first-order valence-electron chi connectivity index (χ1n) is 8.26. The van der Waals surface area contributed by atoms with Crippen molar-refractivity contribution in [3.8, 4) is 0 Å². The quantitative estimate of drug-likeness (QED) is 0.641. The molecule has 0 saturated heterocycles. The SMILES string of the molecule is CCC(N)C(c1cc(F)c(F)cc1F)N1CCn2c(nnc2C(F)(F)F)C1. The number of aromatic nitrogens is 3. The minimum absolute atomic E-state index is 0.0462. The molecule has 3 rings (SSSR count). The van der Waals surface area contributed by atoms with Crippen LogP contribution in [-0.2, 0) is 19.3 Å². The standard InChI is InChI=1S/C16H17F6N5/c1-2-12(23)14(8-5-10(18)11(19)6-9(8)17)26-3-4-27-13(7-26)24-25-15(27)16(20,21)22/h5-6,12,14H,2-4,7,23H2,1H3. The number of benzene rings is 1. The molecule has 1 aromatic carbocycles. The van der Waals surface area contributed by atoms with Gasteiger partial charge in [0.15, 0.2) is 11.6 Å². The van der Waals surface area contributed by atoms with Gasteiger partial charge in [0.25, 0.3) is 0 Å². The van der Waals surface area contributed by atoms with Gasteiger partial charge in [-0.1, -0.05) is 6.92 Å². The van der Waals surface area contributed by atoms with E-state index in [9.17, 15) is 26.3 Å². The molecular weight excluding hydrogens is 376 g/mol. The molecule has 1 aliphatic rings. The highest BCUT2D eigenvalue weighted by Gasteiger charge is 2.41. The first kappa shape index (κ1) is 19.6. The Morgan fingerprint density at radius 3 is 2.37 bits per heavy atom. The van der Waals surface area contributed by atoms with E-state index in [1.807, 2.05) is 0 Å². The van der Waals surface area contributed by atoms with Crippen LogP contribution in [0, 0.1) is 17.5 Å². The number of hydrogen-bond donors (Lipinski definition) is 1.